The minimum Gasteiger partial charge on any atom is -0.489 e. The zero-order valence-corrected chi connectivity index (χ0v) is 23.4. The number of nitrogen functional groups attached to an aromatic ring is 1. The van der Waals surface area contributed by atoms with Gasteiger partial charge >= 0.3 is 7.60 Å². The van der Waals surface area contributed by atoms with Crippen LogP contribution in [0.4, 0.5) is 5.82 Å². The van der Waals surface area contributed by atoms with E-state index in [0.29, 0.717) is 18.0 Å². The Balaban J connectivity index is 1.43. The highest BCUT2D eigenvalue weighted by molar-refractivity contribution is 7.52. The Labute approximate surface area is 228 Å². The number of aromatic nitrogens is 2. The highest BCUT2D eigenvalue weighted by Gasteiger charge is 2.13. The first-order chi connectivity index (χ1) is 18.5. The molecule has 0 aliphatic carbocycles. The van der Waals surface area contributed by atoms with Crippen molar-refractivity contribution in [3.8, 4) is 5.75 Å². The molecule has 8 heteroatoms. The van der Waals surface area contributed by atoms with Gasteiger partial charge in [0, 0.05) is 17.0 Å². The summed E-state index contributed by atoms with van der Waals surface area (Å²) in [5, 5.41) is 2.07. The molecule has 0 aliphatic heterocycles. The summed E-state index contributed by atoms with van der Waals surface area (Å²) in [6, 6.07) is 14.4. The van der Waals surface area contributed by atoms with Crippen LogP contribution in [0.5, 0.6) is 5.75 Å². The van der Waals surface area contributed by atoms with Crippen molar-refractivity contribution < 1.29 is 19.1 Å². The van der Waals surface area contributed by atoms with Gasteiger partial charge in [-0.05, 0) is 85.7 Å². The van der Waals surface area contributed by atoms with Crippen LogP contribution in [0.15, 0.2) is 84.6 Å². The average Bonchev–Trinajstić information content (AvgIpc) is 2.87. The van der Waals surface area contributed by atoms with E-state index in [0.717, 1.165) is 62.7 Å². The van der Waals surface area contributed by atoms with Crippen molar-refractivity contribution in [3.05, 3.63) is 107 Å². The van der Waals surface area contributed by atoms with Crippen molar-refractivity contribution in [1.29, 1.82) is 0 Å². The molecule has 0 aliphatic rings. The van der Waals surface area contributed by atoms with E-state index < -0.39 is 7.60 Å². The molecule has 0 bridgehead atoms. The molecule has 7 nitrogen and oxygen atoms in total. The Morgan fingerprint density at radius 3 is 2.59 bits per heavy atom. The number of nitrogens with two attached hydrogens (primary N) is 1. The van der Waals surface area contributed by atoms with E-state index in [1.54, 1.807) is 25.2 Å². The van der Waals surface area contributed by atoms with Crippen LogP contribution in [0.2, 0.25) is 0 Å². The zero-order valence-electron chi connectivity index (χ0n) is 22.5. The number of nitrogens with zero attached hydrogens (tertiary/aromatic N) is 2. The van der Waals surface area contributed by atoms with E-state index >= 15 is 0 Å². The second-order valence-electron chi connectivity index (χ2n) is 9.92. The van der Waals surface area contributed by atoms with E-state index in [-0.39, 0.29) is 6.16 Å². The summed E-state index contributed by atoms with van der Waals surface area (Å²) >= 11 is 0. The van der Waals surface area contributed by atoms with Crippen molar-refractivity contribution in [2.24, 2.45) is 0 Å². The number of allylic oxidation sites excluding steroid dienone is 3. The SMILES string of the molecule is C=C/C(=C\C=C(/C)CP(=O)(O)O)COc1ccc(CCc2cnc3c(N)nc4cc(C)ccc4c3c2)c(C)c1. The third-order valence-electron chi connectivity index (χ3n) is 6.57. The Hall–Kier alpha value is -3.77. The van der Waals surface area contributed by atoms with E-state index in [9.17, 15) is 4.57 Å². The second kappa shape index (κ2) is 12.0. The van der Waals surface area contributed by atoms with Gasteiger partial charge in [-0.25, -0.2) is 4.98 Å². The maximum atomic E-state index is 11.2. The summed E-state index contributed by atoms with van der Waals surface area (Å²) in [7, 11) is -4.08. The van der Waals surface area contributed by atoms with Crippen molar-refractivity contribution >= 4 is 35.2 Å². The Morgan fingerprint density at radius 2 is 1.87 bits per heavy atom. The number of benzene rings is 2. The minimum absolute atomic E-state index is 0.272. The summed E-state index contributed by atoms with van der Waals surface area (Å²) in [6.45, 7) is 9.91. The largest absolute Gasteiger partial charge is 0.489 e. The molecule has 39 heavy (non-hydrogen) atoms. The van der Waals surface area contributed by atoms with Gasteiger partial charge in [0.2, 0.25) is 0 Å². The maximum Gasteiger partial charge on any atom is 0.329 e. The van der Waals surface area contributed by atoms with Crippen LogP contribution < -0.4 is 10.5 Å². The van der Waals surface area contributed by atoms with Gasteiger partial charge in [0.1, 0.15) is 17.9 Å². The number of ether oxygens (including phenoxy) is 1. The molecule has 0 saturated heterocycles. The number of pyridine rings is 2. The number of anilines is 1. The maximum absolute atomic E-state index is 11.2. The van der Waals surface area contributed by atoms with Crippen molar-refractivity contribution in [2.45, 2.75) is 33.6 Å². The van der Waals surface area contributed by atoms with E-state index in [4.69, 9.17) is 20.3 Å². The quantitative estimate of drug-likeness (QED) is 0.121. The normalized spacial score (nSPS) is 12.7. The highest BCUT2D eigenvalue weighted by Crippen LogP contribution is 2.36. The van der Waals surface area contributed by atoms with Crippen molar-refractivity contribution in [2.75, 3.05) is 18.5 Å². The van der Waals surface area contributed by atoms with Gasteiger partial charge in [-0.3, -0.25) is 9.55 Å². The lowest BCUT2D eigenvalue weighted by Gasteiger charge is -2.12. The summed E-state index contributed by atoms with van der Waals surface area (Å²) in [5.41, 5.74) is 13.9. The molecule has 0 saturated carbocycles. The van der Waals surface area contributed by atoms with Crippen molar-refractivity contribution in [1.82, 2.24) is 9.97 Å². The van der Waals surface area contributed by atoms with Crippen LogP contribution in [-0.4, -0.2) is 32.5 Å². The van der Waals surface area contributed by atoms with Crippen LogP contribution in [0.1, 0.15) is 29.2 Å². The smallest absolute Gasteiger partial charge is 0.329 e. The lowest BCUT2D eigenvalue weighted by atomic mass is 9.99. The molecular weight excluding hydrogens is 509 g/mol. The van der Waals surface area contributed by atoms with Gasteiger partial charge in [-0.2, -0.15) is 0 Å². The molecule has 0 fully saturated rings. The third kappa shape index (κ3) is 7.42. The molecule has 4 rings (SSSR count). The van der Waals surface area contributed by atoms with E-state index in [1.807, 2.05) is 31.3 Å². The first-order valence-electron chi connectivity index (χ1n) is 12.7. The molecule has 0 unspecified atom stereocenters. The van der Waals surface area contributed by atoms with Gasteiger partial charge in [0.25, 0.3) is 0 Å². The standard InChI is InChI=1S/C31H34N3O4P/c1-5-23(8-6-21(3)19-39(35,36)37)18-38-26-12-11-25(22(4)15-26)10-9-24-16-28-27-13-7-20(2)14-29(27)34-31(32)30(28)33-17-24/h5-8,11-17H,1,9-10,18-19H2,2-4H3,(H2,32,34)(H2,35,36,37)/b21-6+,23-8+. The lowest BCUT2D eigenvalue weighted by molar-refractivity contribution is 0.355. The minimum atomic E-state index is -4.08. The number of hydrogen-bond donors (Lipinski definition) is 3. The molecule has 202 valence electrons. The Kier molecular flexibility index (Phi) is 8.66. The molecule has 2 aromatic carbocycles. The third-order valence-corrected chi connectivity index (χ3v) is 7.48. The first-order valence-corrected chi connectivity index (χ1v) is 14.5. The zero-order chi connectivity index (χ0) is 28.2. The van der Waals surface area contributed by atoms with Crippen LogP contribution in [0, 0.1) is 13.8 Å². The van der Waals surface area contributed by atoms with Gasteiger partial charge in [-0.15, -0.1) is 0 Å². The van der Waals surface area contributed by atoms with Gasteiger partial charge in [0.15, 0.2) is 5.82 Å². The second-order valence-corrected chi connectivity index (χ2v) is 11.6. The molecule has 0 spiro atoms. The number of rotatable bonds is 10. The van der Waals surface area contributed by atoms with Gasteiger partial charge in [0.05, 0.1) is 11.7 Å². The van der Waals surface area contributed by atoms with Crippen molar-refractivity contribution in [3.63, 3.8) is 0 Å². The fourth-order valence-corrected chi connectivity index (χ4v) is 5.24. The molecule has 0 radical (unpaired) electrons. The molecule has 0 amide bonds. The number of aryl methyl sites for hydroxylation is 4. The lowest BCUT2D eigenvalue weighted by Crippen LogP contribution is -2.01. The first kappa shape index (κ1) is 28.2. The molecular formula is C31H34N3O4P. The molecule has 4 aromatic rings. The monoisotopic (exact) mass is 543 g/mol. The molecule has 2 aromatic heterocycles. The summed E-state index contributed by atoms with van der Waals surface area (Å²) < 4.78 is 17.1. The average molecular weight is 544 g/mol. The number of hydrogen-bond acceptors (Lipinski definition) is 5. The Bertz CT molecular complexity index is 1650. The fourth-order valence-electron chi connectivity index (χ4n) is 4.49. The molecule has 2 heterocycles. The van der Waals surface area contributed by atoms with E-state index in [1.165, 1.54) is 5.56 Å². The summed E-state index contributed by atoms with van der Waals surface area (Å²) in [4.78, 5) is 27.4. The molecule has 4 N–H and O–H groups in total. The van der Waals surface area contributed by atoms with E-state index in [2.05, 4.69) is 47.7 Å². The predicted molar refractivity (Wildman–Crippen MR) is 159 cm³/mol. The Morgan fingerprint density at radius 1 is 1.08 bits per heavy atom. The number of fused-ring (bicyclic) bond motifs is 3. The van der Waals surface area contributed by atoms with Crippen LogP contribution in [-0.2, 0) is 17.4 Å². The van der Waals surface area contributed by atoms with Gasteiger partial charge in [-0.1, -0.05) is 48.6 Å². The summed E-state index contributed by atoms with van der Waals surface area (Å²) in [6.07, 6.45) is 8.43. The predicted octanol–water partition coefficient (Wildman–Crippen LogP) is 6.38. The molecule has 0 atom stereocenters. The highest BCUT2D eigenvalue weighted by atomic mass is 31.2. The fraction of sp³-hybridized carbons (Fsp3) is 0.226. The topological polar surface area (TPSA) is 119 Å². The summed E-state index contributed by atoms with van der Waals surface area (Å²) in [5.74, 6) is 1.19. The van der Waals surface area contributed by atoms with Crippen LogP contribution in [0.3, 0.4) is 0 Å². The van der Waals surface area contributed by atoms with Gasteiger partial charge < -0.3 is 20.3 Å². The van der Waals surface area contributed by atoms with Crippen LogP contribution >= 0.6 is 7.60 Å². The van der Waals surface area contributed by atoms with Crippen LogP contribution in [0.25, 0.3) is 21.8 Å².